The van der Waals surface area contributed by atoms with E-state index in [0.717, 1.165) is 6.07 Å². The summed E-state index contributed by atoms with van der Waals surface area (Å²) in [6.45, 7) is 4.07. The van der Waals surface area contributed by atoms with Gasteiger partial charge in [-0.3, -0.25) is 20.2 Å². The first-order valence-corrected chi connectivity index (χ1v) is 8.75. The number of nitro benzene ring substituents is 2. The average Bonchev–Trinajstić information content (AvgIpc) is 2.99. The maximum atomic E-state index is 12.7. The second-order valence-electron chi connectivity index (χ2n) is 6.93. The Morgan fingerprint density at radius 2 is 1.72 bits per heavy atom. The first-order valence-electron chi connectivity index (χ1n) is 8.75. The molecule has 0 heterocycles. The number of nitro groups is 2. The quantitative estimate of drug-likeness (QED) is 0.286. The molecule has 1 aliphatic carbocycles. The van der Waals surface area contributed by atoms with Crippen LogP contribution in [0.25, 0.3) is 11.1 Å². The summed E-state index contributed by atoms with van der Waals surface area (Å²) >= 11 is 0. The molecule has 0 atom stereocenters. The molecule has 150 valence electrons. The smallest absolute Gasteiger partial charge is 0.339 e. The summed E-state index contributed by atoms with van der Waals surface area (Å²) in [5, 5.41) is 35.1. The number of esters is 1. The third-order valence-electron chi connectivity index (χ3n) is 4.58. The van der Waals surface area contributed by atoms with Crippen LogP contribution in [0.4, 0.5) is 11.4 Å². The molecule has 0 aliphatic heterocycles. The van der Waals surface area contributed by atoms with Crippen LogP contribution in [0.2, 0.25) is 0 Å². The number of benzene rings is 2. The van der Waals surface area contributed by atoms with Gasteiger partial charge in [-0.1, -0.05) is 19.0 Å². The molecular formula is C19H17N3O7. The van der Waals surface area contributed by atoms with Crippen molar-refractivity contribution in [2.45, 2.75) is 20.3 Å². The molecule has 1 N–H and O–H groups in total. The highest BCUT2D eigenvalue weighted by Crippen LogP contribution is 2.43. The first kappa shape index (κ1) is 19.9. The summed E-state index contributed by atoms with van der Waals surface area (Å²) in [6.07, 6.45) is 0.620. The molecule has 1 aliphatic rings. The maximum absolute atomic E-state index is 12.7. The number of oxime groups is 1. The maximum Gasteiger partial charge on any atom is 0.339 e. The normalized spacial score (nSPS) is 13.3. The van der Waals surface area contributed by atoms with Crippen molar-refractivity contribution in [3.8, 4) is 11.1 Å². The molecule has 0 saturated heterocycles. The zero-order chi connectivity index (χ0) is 21.3. The molecule has 0 bridgehead atoms. The van der Waals surface area contributed by atoms with E-state index in [0.29, 0.717) is 17.9 Å². The number of nitrogens with zero attached hydrogens (tertiary/aromatic N) is 3. The minimum atomic E-state index is -0.755. The molecule has 10 nitrogen and oxygen atoms in total. The second-order valence-corrected chi connectivity index (χ2v) is 6.93. The molecule has 0 aromatic heterocycles. The molecule has 29 heavy (non-hydrogen) atoms. The van der Waals surface area contributed by atoms with E-state index in [2.05, 4.69) is 5.16 Å². The van der Waals surface area contributed by atoms with Gasteiger partial charge in [-0.15, -0.1) is 0 Å². The van der Waals surface area contributed by atoms with Gasteiger partial charge >= 0.3 is 5.97 Å². The Morgan fingerprint density at radius 3 is 2.31 bits per heavy atom. The number of rotatable bonds is 6. The predicted molar refractivity (Wildman–Crippen MR) is 102 cm³/mol. The van der Waals surface area contributed by atoms with Crippen molar-refractivity contribution >= 4 is 23.1 Å². The summed E-state index contributed by atoms with van der Waals surface area (Å²) in [5.41, 5.74) is 0.231. The monoisotopic (exact) mass is 399 g/mol. The Morgan fingerprint density at radius 1 is 1.07 bits per heavy atom. The van der Waals surface area contributed by atoms with Crippen LogP contribution >= 0.6 is 0 Å². The van der Waals surface area contributed by atoms with Gasteiger partial charge < -0.3 is 9.94 Å². The van der Waals surface area contributed by atoms with Gasteiger partial charge in [0.05, 0.1) is 22.0 Å². The van der Waals surface area contributed by atoms with E-state index >= 15 is 0 Å². The van der Waals surface area contributed by atoms with Gasteiger partial charge in [-0.05, 0) is 24.0 Å². The van der Waals surface area contributed by atoms with E-state index in [-0.39, 0.29) is 45.9 Å². The van der Waals surface area contributed by atoms with E-state index < -0.39 is 15.8 Å². The highest BCUT2D eigenvalue weighted by atomic mass is 16.6. The standard InChI is InChI=1S/C19H17N3O7/c1-10(2)5-6-29-19(23)16-9-12(22(27)28)8-15-17(16)13-4-3-11(21(25)26)7-14(13)18(15)20-24/h3-4,7-10,24H,5-6H2,1-2H3/b20-18+. The van der Waals surface area contributed by atoms with Crippen LogP contribution in [0.5, 0.6) is 0 Å². The fourth-order valence-electron chi connectivity index (χ4n) is 3.15. The van der Waals surface area contributed by atoms with Gasteiger partial charge in [0.25, 0.3) is 11.4 Å². The lowest BCUT2D eigenvalue weighted by Gasteiger charge is -2.11. The molecule has 2 aromatic rings. The van der Waals surface area contributed by atoms with Gasteiger partial charge in [-0.25, -0.2) is 4.79 Å². The Labute approximate surface area is 164 Å². The predicted octanol–water partition coefficient (Wildman–Crippen LogP) is 3.91. The minimum absolute atomic E-state index is 0.0632. The molecule has 0 saturated carbocycles. The van der Waals surface area contributed by atoms with Crippen LogP contribution in [0.3, 0.4) is 0 Å². The number of hydrogen-bond donors (Lipinski definition) is 1. The SMILES string of the molecule is CC(C)CCOC(=O)c1cc([N+](=O)[O-])cc2c1-c1ccc([N+](=O)[O-])cc1/C2=N\O. The van der Waals surface area contributed by atoms with Crippen molar-refractivity contribution < 1.29 is 24.6 Å². The zero-order valence-electron chi connectivity index (χ0n) is 15.6. The van der Waals surface area contributed by atoms with Crippen molar-refractivity contribution in [1.82, 2.24) is 0 Å². The summed E-state index contributed by atoms with van der Waals surface area (Å²) < 4.78 is 5.27. The molecular weight excluding hydrogens is 382 g/mol. The Balaban J connectivity index is 2.18. The van der Waals surface area contributed by atoms with Gasteiger partial charge in [-0.2, -0.15) is 0 Å². The Hall–Kier alpha value is -3.82. The Bertz CT molecular complexity index is 1060. The van der Waals surface area contributed by atoms with Crippen LogP contribution in [0.15, 0.2) is 35.5 Å². The number of carbonyl (C=O) groups excluding carboxylic acids is 1. The van der Waals surface area contributed by atoms with Crippen molar-refractivity contribution in [1.29, 1.82) is 0 Å². The zero-order valence-corrected chi connectivity index (χ0v) is 15.6. The highest BCUT2D eigenvalue weighted by molar-refractivity contribution is 6.27. The van der Waals surface area contributed by atoms with Crippen molar-refractivity contribution in [3.05, 3.63) is 67.3 Å². The molecule has 0 radical (unpaired) electrons. The summed E-state index contributed by atoms with van der Waals surface area (Å²) in [7, 11) is 0. The van der Waals surface area contributed by atoms with E-state index in [9.17, 15) is 30.2 Å². The van der Waals surface area contributed by atoms with Gasteiger partial charge in [0.2, 0.25) is 0 Å². The van der Waals surface area contributed by atoms with E-state index in [1.807, 2.05) is 13.8 Å². The molecule has 0 spiro atoms. The molecule has 10 heteroatoms. The van der Waals surface area contributed by atoms with Crippen LogP contribution in [0.1, 0.15) is 41.8 Å². The highest BCUT2D eigenvalue weighted by Gasteiger charge is 2.34. The number of hydrogen-bond acceptors (Lipinski definition) is 8. The largest absolute Gasteiger partial charge is 0.462 e. The fraction of sp³-hybridized carbons (Fsp3) is 0.263. The van der Waals surface area contributed by atoms with Crippen molar-refractivity contribution in [2.75, 3.05) is 6.61 Å². The topological polar surface area (TPSA) is 145 Å². The van der Waals surface area contributed by atoms with Crippen molar-refractivity contribution in [3.63, 3.8) is 0 Å². The minimum Gasteiger partial charge on any atom is -0.462 e. The molecule has 3 rings (SSSR count). The van der Waals surface area contributed by atoms with E-state index in [1.165, 1.54) is 24.3 Å². The van der Waals surface area contributed by atoms with Gasteiger partial charge in [0.15, 0.2) is 0 Å². The third-order valence-corrected chi connectivity index (χ3v) is 4.58. The first-order chi connectivity index (χ1) is 13.7. The average molecular weight is 399 g/mol. The summed E-state index contributed by atoms with van der Waals surface area (Å²) in [6, 6.07) is 6.13. The summed E-state index contributed by atoms with van der Waals surface area (Å²) in [5.74, 6) is -0.456. The van der Waals surface area contributed by atoms with Gasteiger partial charge in [0.1, 0.15) is 5.71 Å². The molecule has 0 unspecified atom stereocenters. The molecule has 0 amide bonds. The number of non-ortho nitro benzene ring substituents is 2. The van der Waals surface area contributed by atoms with E-state index in [4.69, 9.17) is 4.74 Å². The Kier molecular flexibility index (Phi) is 5.26. The second kappa shape index (κ2) is 7.66. The fourth-order valence-corrected chi connectivity index (χ4v) is 3.15. The molecule has 0 fully saturated rings. The number of fused-ring (bicyclic) bond motifs is 3. The van der Waals surface area contributed by atoms with Crippen molar-refractivity contribution in [2.24, 2.45) is 11.1 Å². The lowest BCUT2D eigenvalue weighted by molar-refractivity contribution is -0.385. The van der Waals surface area contributed by atoms with E-state index in [1.54, 1.807) is 0 Å². The van der Waals surface area contributed by atoms with Crippen LogP contribution in [-0.2, 0) is 4.74 Å². The number of carbonyl (C=O) groups is 1. The third kappa shape index (κ3) is 3.64. The van der Waals surface area contributed by atoms with Gasteiger partial charge in [0, 0.05) is 41.0 Å². The van der Waals surface area contributed by atoms with Crippen LogP contribution in [0, 0.1) is 26.1 Å². The van der Waals surface area contributed by atoms with Crippen LogP contribution in [-0.4, -0.2) is 33.3 Å². The lowest BCUT2D eigenvalue weighted by atomic mass is 9.98. The number of ether oxygens (including phenoxy) is 1. The lowest BCUT2D eigenvalue weighted by Crippen LogP contribution is -2.11. The van der Waals surface area contributed by atoms with Crippen LogP contribution < -0.4 is 0 Å². The summed E-state index contributed by atoms with van der Waals surface area (Å²) in [4.78, 5) is 33.9. The molecule has 2 aromatic carbocycles.